The molecule has 0 fully saturated rings. The average Bonchev–Trinajstić information content (AvgIpc) is 2.27. The van der Waals surface area contributed by atoms with Gasteiger partial charge in [0.05, 0.1) is 16.3 Å². The third kappa shape index (κ3) is 1.98. The number of halogens is 1. The van der Waals surface area contributed by atoms with Crippen LogP contribution in [0.25, 0.3) is 11.0 Å². The maximum Gasteiger partial charge on any atom is 0.336 e. The van der Waals surface area contributed by atoms with Crippen molar-refractivity contribution in [1.82, 2.24) is 0 Å². The van der Waals surface area contributed by atoms with Gasteiger partial charge in [0.1, 0.15) is 11.3 Å². The van der Waals surface area contributed by atoms with Gasteiger partial charge in [0, 0.05) is 6.07 Å². The second-order valence-corrected chi connectivity index (χ2v) is 4.20. The van der Waals surface area contributed by atoms with Crippen LogP contribution in [0.3, 0.4) is 0 Å². The number of hydrogen-bond acceptors (Lipinski definition) is 4. The lowest BCUT2D eigenvalue weighted by atomic mass is 10.0. The molecule has 0 radical (unpaired) electrons. The molecule has 1 aromatic carbocycles. The highest BCUT2D eigenvalue weighted by Gasteiger charge is 2.15. The van der Waals surface area contributed by atoms with Gasteiger partial charge in [-0.1, -0.05) is 15.9 Å². The highest BCUT2D eigenvalue weighted by molar-refractivity contribution is 9.09. The molecule has 1 heterocycles. The van der Waals surface area contributed by atoms with Gasteiger partial charge in [-0.15, -0.1) is 0 Å². The van der Waals surface area contributed by atoms with Crippen molar-refractivity contribution in [2.24, 2.45) is 0 Å². The van der Waals surface area contributed by atoms with E-state index >= 15 is 0 Å². The number of aromatic hydroxyl groups is 1. The van der Waals surface area contributed by atoms with E-state index in [0.29, 0.717) is 10.9 Å². The zero-order valence-corrected chi connectivity index (χ0v) is 10.6. The summed E-state index contributed by atoms with van der Waals surface area (Å²) < 4.78 is 4.95. The third-order valence-corrected chi connectivity index (χ3v) is 3.01. The van der Waals surface area contributed by atoms with Crippen LogP contribution in [-0.2, 0) is 0 Å². The van der Waals surface area contributed by atoms with Gasteiger partial charge in [-0.2, -0.15) is 0 Å². The smallest absolute Gasteiger partial charge is 0.336 e. The molecule has 1 N–H and O–H groups in total. The molecule has 0 saturated carbocycles. The molecule has 88 valence electrons. The van der Waals surface area contributed by atoms with Gasteiger partial charge in [0.25, 0.3) is 0 Å². The molecule has 0 unspecified atom stereocenters. The van der Waals surface area contributed by atoms with Crippen molar-refractivity contribution in [3.05, 3.63) is 39.7 Å². The van der Waals surface area contributed by atoms with Crippen molar-refractivity contribution in [1.29, 1.82) is 0 Å². The predicted octanol–water partition coefficient (Wildman–Crippen LogP) is 2.38. The van der Waals surface area contributed by atoms with Gasteiger partial charge in [0.15, 0.2) is 5.78 Å². The minimum atomic E-state index is -0.478. The number of rotatable bonds is 2. The van der Waals surface area contributed by atoms with Crippen LogP contribution in [0.15, 0.2) is 27.4 Å². The Morgan fingerprint density at radius 1 is 1.47 bits per heavy atom. The topological polar surface area (TPSA) is 67.5 Å². The number of phenols is 1. The average molecular weight is 297 g/mol. The Labute approximate surface area is 105 Å². The monoisotopic (exact) mass is 296 g/mol. The summed E-state index contributed by atoms with van der Waals surface area (Å²) in [5.41, 5.74) is 0.594. The van der Waals surface area contributed by atoms with Crippen LogP contribution in [0.1, 0.15) is 15.9 Å². The Morgan fingerprint density at radius 3 is 2.82 bits per heavy atom. The van der Waals surface area contributed by atoms with Crippen molar-refractivity contribution in [2.45, 2.75) is 6.92 Å². The number of phenolic OH excluding ortho intramolecular Hbond substituents is 1. The fourth-order valence-corrected chi connectivity index (χ4v) is 2.02. The van der Waals surface area contributed by atoms with Gasteiger partial charge in [-0.25, -0.2) is 4.79 Å². The van der Waals surface area contributed by atoms with Gasteiger partial charge in [-0.3, -0.25) is 4.79 Å². The highest BCUT2D eigenvalue weighted by Crippen LogP contribution is 2.30. The van der Waals surface area contributed by atoms with Crippen molar-refractivity contribution >= 4 is 32.7 Å². The second-order valence-electron chi connectivity index (χ2n) is 3.64. The molecule has 17 heavy (non-hydrogen) atoms. The van der Waals surface area contributed by atoms with Crippen LogP contribution in [0, 0.1) is 6.92 Å². The molecule has 0 spiro atoms. The minimum absolute atomic E-state index is 0.127. The number of Topliss-reactive ketones (excluding diaryl/α,β-unsaturated/α-hetero) is 1. The largest absolute Gasteiger partial charge is 0.506 e. The van der Waals surface area contributed by atoms with Crippen LogP contribution in [0.4, 0.5) is 0 Å². The number of hydrogen-bond donors (Lipinski definition) is 1. The van der Waals surface area contributed by atoms with Gasteiger partial charge < -0.3 is 9.52 Å². The van der Waals surface area contributed by atoms with Crippen LogP contribution in [0.2, 0.25) is 0 Å². The maximum atomic E-state index is 11.6. The number of carbonyl (C=O) groups is 1. The Bertz CT molecular complexity index is 657. The fourth-order valence-electron chi connectivity index (χ4n) is 1.72. The third-order valence-electron chi connectivity index (χ3n) is 2.50. The lowest BCUT2D eigenvalue weighted by Crippen LogP contribution is -2.03. The summed E-state index contributed by atoms with van der Waals surface area (Å²) in [6.07, 6.45) is 0. The Balaban J connectivity index is 2.84. The van der Waals surface area contributed by atoms with E-state index in [-0.39, 0.29) is 28.0 Å². The number of aryl methyl sites for hydroxylation is 1. The van der Waals surface area contributed by atoms with Crippen molar-refractivity contribution in [3.8, 4) is 5.75 Å². The molecule has 0 aliphatic carbocycles. The molecule has 2 rings (SSSR count). The summed E-state index contributed by atoms with van der Waals surface area (Å²) in [4.78, 5) is 22.7. The first-order chi connectivity index (χ1) is 8.04. The standard InChI is InChI=1S/C12H9BrO4/c1-6-4-10(15)17-9-3-2-7(8(14)5-13)12(16)11(6)9/h2-4,16H,5H2,1H3. The van der Waals surface area contributed by atoms with E-state index in [2.05, 4.69) is 15.9 Å². The lowest BCUT2D eigenvalue weighted by Gasteiger charge is -2.06. The number of ketones is 1. The van der Waals surface area contributed by atoms with Gasteiger partial charge >= 0.3 is 5.63 Å². The molecule has 1 aromatic heterocycles. The SMILES string of the molecule is Cc1cc(=O)oc2ccc(C(=O)CBr)c(O)c12. The molecule has 0 atom stereocenters. The fraction of sp³-hybridized carbons (Fsp3) is 0.167. The van der Waals surface area contributed by atoms with Crippen LogP contribution >= 0.6 is 15.9 Å². The first-order valence-corrected chi connectivity index (χ1v) is 6.02. The first-order valence-electron chi connectivity index (χ1n) is 4.90. The van der Waals surface area contributed by atoms with E-state index in [1.165, 1.54) is 18.2 Å². The molecule has 4 nitrogen and oxygen atoms in total. The van der Waals surface area contributed by atoms with Crippen LogP contribution in [0.5, 0.6) is 5.75 Å². The molecule has 0 saturated heterocycles. The first kappa shape index (κ1) is 11.9. The molecular formula is C12H9BrO4. The van der Waals surface area contributed by atoms with Crippen molar-refractivity contribution in [3.63, 3.8) is 0 Å². The van der Waals surface area contributed by atoms with E-state index in [0.717, 1.165) is 0 Å². The summed E-state index contributed by atoms with van der Waals surface area (Å²) in [6.45, 7) is 1.68. The predicted molar refractivity (Wildman–Crippen MR) is 67.0 cm³/mol. The number of benzene rings is 1. The van der Waals surface area contributed by atoms with E-state index in [4.69, 9.17) is 4.42 Å². The van der Waals surface area contributed by atoms with Crippen molar-refractivity contribution < 1.29 is 14.3 Å². The molecule has 2 aromatic rings. The molecular weight excluding hydrogens is 288 g/mol. The van der Waals surface area contributed by atoms with Crippen LogP contribution in [-0.4, -0.2) is 16.2 Å². The lowest BCUT2D eigenvalue weighted by molar-refractivity contribution is 0.102. The Morgan fingerprint density at radius 2 is 2.18 bits per heavy atom. The van der Waals surface area contributed by atoms with Gasteiger partial charge in [0.2, 0.25) is 0 Å². The number of carbonyl (C=O) groups excluding carboxylic acids is 1. The van der Waals surface area contributed by atoms with E-state index in [9.17, 15) is 14.7 Å². The number of fused-ring (bicyclic) bond motifs is 1. The Hall–Kier alpha value is -1.62. The summed E-state index contributed by atoms with van der Waals surface area (Å²) >= 11 is 3.05. The van der Waals surface area contributed by atoms with Crippen molar-refractivity contribution in [2.75, 3.05) is 5.33 Å². The molecule has 0 aliphatic rings. The molecule has 0 aliphatic heterocycles. The minimum Gasteiger partial charge on any atom is -0.506 e. The van der Waals surface area contributed by atoms with E-state index in [1.807, 2.05) is 0 Å². The maximum absolute atomic E-state index is 11.6. The highest BCUT2D eigenvalue weighted by atomic mass is 79.9. The normalized spacial score (nSPS) is 10.7. The second kappa shape index (κ2) is 4.33. The van der Waals surface area contributed by atoms with E-state index in [1.54, 1.807) is 6.92 Å². The summed E-state index contributed by atoms with van der Waals surface area (Å²) in [5.74, 6) is -0.372. The Kier molecular flexibility index (Phi) is 3.02. The van der Waals surface area contributed by atoms with Crippen LogP contribution < -0.4 is 5.63 Å². The summed E-state index contributed by atoms with van der Waals surface area (Å²) in [5, 5.41) is 10.5. The van der Waals surface area contributed by atoms with Gasteiger partial charge in [-0.05, 0) is 24.6 Å². The quantitative estimate of drug-likeness (QED) is 0.525. The van der Waals surface area contributed by atoms with E-state index < -0.39 is 5.63 Å². The molecule has 0 bridgehead atoms. The summed E-state index contributed by atoms with van der Waals surface area (Å²) in [7, 11) is 0. The molecule has 0 amide bonds. The summed E-state index contributed by atoms with van der Waals surface area (Å²) in [6, 6.07) is 4.24. The zero-order chi connectivity index (χ0) is 12.6. The molecule has 5 heteroatoms. The number of alkyl halides is 1. The zero-order valence-electron chi connectivity index (χ0n) is 8.99.